The van der Waals surface area contributed by atoms with E-state index in [2.05, 4.69) is 6.92 Å². The van der Waals surface area contributed by atoms with Gasteiger partial charge in [-0.15, -0.1) is 0 Å². The van der Waals surface area contributed by atoms with Crippen LogP contribution in [0.2, 0.25) is 0 Å². The van der Waals surface area contributed by atoms with Crippen LogP contribution in [0, 0.1) is 0 Å². The molecule has 1 N–H and O–H groups in total. The zero-order valence-electron chi connectivity index (χ0n) is 10.0. The molecule has 0 unspecified atom stereocenters. The normalized spacial score (nSPS) is 10.1. The number of ether oxygens (including phenoxy) is 1. The van der Waals surface area contributed by atoms with Crippen LogP contribution in [-0.4, -0.2) is 23.7 Å². The summed E-state index contributed by atoms with van der Waals surface area (Å²) in [6.45, 7) is 2.63. The van der Waals surface area contributed by atoms with E-state index in [4.69, 9.17) is 9.84 Å². The molecule has 0 aromatic rings. The molecule has 0 atom stereocenters. The number of carbonyl (C=O) groups excluding carboxylic acids is 1. The van der Waals surface area contributed by atoms with Gasteiger partial charge in [-0.1, -0.05) is 26.2 Å². The second kappa shape index (κ2) is 10.5. The number of hydrogen-bond acceptors (Lipinski definition) is 3. The van der Waals surface area contributed by atoms with Crippen molar-refractivity contribution in [1.29, 1.82) is 0 Å². The van der Waals surface area contributed by atoms with Crippen molar-refractivity contribution in [2.45, 2.75) is 58.3 Å². The molecule has 0 saturated heterocycles. The summed E-state index contributed by atoms with van der Waals surface area (Å²) in [5.74, 6) is -1.02. The third-order valence-electron chi connectivity index (χ3n) is 2.28. The lowest BCUT2D eigenvalue weighted by molar-refractivity contribution is -0.144. The van der Waals surface area contributed by atoms with Crippen molar-refractivity contribution in [3.05, 3.63) is 0 Å². The van der Waals surface area contributed by atoms with Crippen molar-refractivity contribution < 1.29 is 19.4 Å². The van der Waals surface area contributed by atoms with Crippen molar-refractivity contribution in [3.8, 4) is 0 Å². The fraction of sp³-hybridized carbons (Fsp3) is 0.833. The van der Waals surface area contributed by atoms with Crippen molar-refractivity contribution in [1.82, 2.24) is 0 Å². The standard InChI is InChI=1S/C12H22O4/c1-2-3-4-7-10-16-12(15)9-6-5-8-11(13)14/h2-10H2,1H3,(H,13,14). The molecule has 0 radical (unpaired) electrons. The molecule has 4 heteroatoms. The third kappa shape index (κ3) is 11.0. The third-order valence-corrected chi connectivity index (χ3v) is 2.28. The average Bonchev–Trinajstić information content (AvgIpc) is 2.24. The Morgan fingerprint density at radius 1 is 1.00 bits per heavy atom. The van der Waals surface area contributed by atoms with Crippen LogP contribution in [-0.2, 0) is 14.3 Å². The largest absolute Gasteiger partial charge is 0.481 e. The van der Waals surface area contributed by atoms with Gasteiger partial charge in [0.15, 0.2) is 0 Å². The van der Waals surface area contributed by atoms with Gasteiger partial charge in [-0.2, -0.15) is 0 Å². The summed E-state index contributed by atoms with van der Waals surface area (Å²) in [5, 5.41) is 8.39. The number of rotatable bonds is 10. The lowest BCUT2D eigenvalue weighted by Crippen LogP contribution is -2.06. The summed E-state index contributed by atoms with van der Waals surface area (Å²) in [7, 11) is 0. The summed E-state index contributed by atoms with van der Waals surface area (Å²) >= 11 is 0. The number of hydrogen-bond donors (Lipinski definition) is 1. The molecule has 0 aliphatic heterocycles. The monoisotopic (exact) mass is 230 g/mol. The number of carboxylic acid groups (broad SMARTS) is 1. The molecular formula is C12H22O4. The Morgan fingerprint density at radius 3 is 2.31 bits per heavy atom. The van der Waals surface area contributed by atoms with Gasteiger partial charge in [-0.25, -0.2) is 0 Å². The summed E-state index contributed by atoms with van der Waals surface area (Å²) in [4.78, 5) is 21.4. The minimum Gasteiger partial charge on any atom is -0.481 e. The highest BCUT2D eigenvalue weighted by molar-refractivity contribution is 5.69. The Morgan fingerprint density at radius 2 is 1.69 bits per heavy atom. The molecule has 0 spiro atoms. The number of esters is 1. The van der Waals surface area contributed by atoms with Crippen LogP contribution in [0.15, 0.2) is 0 Å². The molecule has 0 aliphatic rings. The maximum absolute atomic E-state index is 11.2. The van der Waals surface area contributed by atoms with Gasteiger partial charge in [-0.05, 0) is 19.3 Å². The fourth-order valence-electron chi connectivity index (χ4n) is 1.33. The van der Waals surface area contributed by atoms with Gasteiger partial charge in [-0.3, -0.25) is 9.59 Å². The number of unbranched alkanes of at least 4 members (excludes halogenated alkanes) is 4. The first kappa shape index (κ1) is 14.9. The summed E-state index contributed by atoms with van der Waals surface area (Å²) in [5.41, 5.74) is 0. The number of aliphatic carboxylic acids is 1. The molecule has 0 bridgehead atoms. The van der Waals surface area contributed by atoms with Gasteiger partial charge in [0.2, 0.25) is 0 Å². The van der Waals surface area contributed by atoms with E-state index in [0.29, 0.717) is 25.9 Å². The van der Waals surface area contributed by atoms with Crippen LogP contribution >= 0.6 is 0 Å². The van der Waals surface area contributed by atoms with Crippen molar-refractivity contribution in [3.63, 3.8) is 0 Å². The molecule has 0 heterocycles. The van der Waals surface area contributed by atoms with Gasteiger partial charge >= 0.3 is 11.9 Å². The molecule has 0 aliphatic carbocycles. The van der Waals surface area contributed by atoms with Crippen LogP contribution in [0.4, 0.5) is 0 Å². The second-order valence-corrected chi connectivity index (χ2v) is 3.88. The number of carboxylic acids is 1. The molecule has 0 fully saturated rings. The topological polar surface area (TPSA) is 63.6 Å². The lowest BCUT2D eigenvalue weighted by Gasteiger charge is -2.03. The van der Waals surface area contributed by atoms with E-state index >= 15 is 0 Å². The molecule has 94 valence electrons. The van der Waals surface area contributed by atoms with Gasteiger partial charge in [0, 0.05) is 12.8 Å². The van der Waals surface area contributed by atoms with E-state index in [1.807, 2.05) is 0 Å². The van der Waals surface area contributed by atoms with Crippen LogP contribution < -0.4 is 0 Å². The predicted molar refractivity (Wildman–Crippen MR) is 61.2 cm³/mol. The Hall–Kier alpha value is -1.06. The minimum atomic E-state index is -0.812. The first-order valence-electron chi connectivity index (χ1n) is 6.04. The quantitative estimate of drug-likeness (QED) is 0.463. The van der Waals surface area contributed by atoms with E-state index < -0.39 is 5.97 Å². The molecule has 0 amide bonds. The molecule has 0 rings (SSSR count). The van der Waals surface area contributed by atoms with E-state index in [1.54, 1.807) is 0 Å². The fourth-order valence-corrected chi connectivity index (χ4v) is 1.33. The molecule has 0 aromatic carbocycles. The van der Waals surface area contributed by atoms with Crippen molar-refractivity contribution in [2.24, 2.45) is 0 Å². The van der Waals surface area contributed by atoms with Gasteiger partial charge < -0.3 is 9.84 Å². The van der Waals surface area contributed by atoms with Crippen LogP contribution in [0.1, 0.15) is 58.3 Å². The highest BCUT2D eigenvalue weighted by Crippen LogP contribution is 2.03. The summed E-state index contributed by atoms with van der Waals surface area (Å²) in [6.07, 6.45) is 5.97. The van der Waals surface area contributed by atoms with E-state index in [-0.39, 0.29) is 12.4 Å². The Bertz CT molecular complexity index is 201. The maximum atomic E-state index is 11.2. The van der Waals surface area contributed by atoms with E-state index in [1.165, 1.54) is 12.8 Å². The van der Waals surface area contributed by atoms with E-state index in [9.17, 15) is 9.59 Å². The molecular weight excluding hydrogens is 208 g/mol. The van der Waals surface area contributed by atoms with Gasteiger partial charge in [0.1, 0.15) is 0 Å². The zero-order valence-corrected chi connectivity index (χ0v) is 10.0. The summed E-state index contributed by atoms with van der Waals surface area (Å²) in [6, 6.07) is 0. The van der Waals surface area contributed by atoms with Crippen LogP contribution in [0.25, 0.3) is 0 Å². The Labute approximate surface area is 97.0 Å². The smallest absolute Gasteiger partial charge is 0.305 e. The first-order chi connectivity index (χ1) is 7.66. The maximum Gasteiger partial charge on any atom is 0.305 e. The SMILES string of the molecule is CCCCCCOC(=O)CCCCC(=O)O. The average molecular weight is 230 g/mol. The molecule has 0 aromatic heterocycles. The van der Waals surface area contributed by atoms with Crippen molar-refractivity contribution >= 4 is 11.9 Å². The summed E-state index contributed by atoms with van der Waals surface area (Å²) < 4.78 is 5.01. The molecule has 16 heavy (non-hydrogen) atoms. The van der Waals surface area contributed by atoms with Gasteiger partial charge in [0.05, 0.1) is 6.61 Å². The van der Waals surface area contributed by atoms with Crippen LogP contribution in [0.5, 0.6) is 0 Å². The van der Waals surface area contributed by atoms with Gasteiger partial charge in [0.25, 0.3) is 0 Å². The molecule has 4 nitrogen and oxygen atoms in total. The zero-order chi connectivity index (χ0) is 12.2. The van der Waals surface area contributed by atoms with Crippen LogP contribution in [0.3, 0.4) is 0 Å². The lowest BCUT2D eigenvalue weighted by atomic mass is 10.2. The highest BCUT2D eigenvalue weighted by Gasteiger charge is 2.03. The first-order valence-corrected chi connectivity index (χ1v) is 6.04. The molecule has 0 saturated carbocycles. The predicted octanol–water partition coefficient (Wildman–Crippen LogP) is 2.75. The second-order valence-electron chi connectivity index (χ2n) is 3.88. The van der Waals surface area contributed by atoms with Crippen molar-refractivity contribution in [2.75, 3.05) is 6.61 Å². The van der Waals surface area contributed by atoms with E-state index in [0.717, 1.165) is 12.8 Å². The highest BCUT2D eigenvalue weighted by atomic mass is 16.5. The number of carbonyl (C=O) groups is 2. The Kier molecular flexibility index (Phi) is 9.76. The minimum absolute atomic E-state index is 0.129. The Balaban J connectivity index is 3.21.